The lowest BCUT2D eigenvalue weighted by Gasteiger charge is -2.22. The molecule has 0 aliphatic heterocycles. The normalized spacial score (nSPS) is 11.3. The number of hydrogen-bond acceptors (Lipinski definition) is 4. The lowest BCUT2D eigenvalue weighted by atomic mass is 10.1. The summed E-state index contributed by atoms with van der Waals surface area (Å²) in [7, 11) is 1.64. The van der Waals surface area contributed by atoms with Crippen LogP contribution in [0.25, 0.3) is 0 Å². The summed E-state index contributed by atoms with van der Waals surface area (Å²) in [6, 6.07) is 4.44. The van der Waals surface area contributed by atoms with E-state index in [-0.39, 0.29) is 11.3 Å². The van der Waals surface area contributed by atoms with Crippen molar-refractivity contribution in [1.29, 1.82) is 0 Å². The van der Waals surface area contributed by atoms with Gasteiger partial charge in [0.05, 0.1) is 27.7 Å². The first kappa shape index (κ1) is 14.9. The fourth-order valence-electron chi connectivity index (χ4n) is 1.23. The number of ether oxygens (including phenoxy) is 2. The second-order valence-electron chi connectivity index (χ2n) is 4.43. The van der Waals surface area contributed by atoms with Crippen LogP contribution >= 0.6 is 15.9 Å². The summed E-state index contributed by atoms with van der Waals surface area (Å²) in [6.45, 7) is 4.35. The molecule has 0 radical (unpaired) electrons. The number of nitro groups is 1. The van der Waals surface area contributed by atoms with Crippen molar-refractivity contribution in [3.8, 4) is 5.75 Å². The number of methoxy groups -OCH3 is 1. The van der Waals surface area contributed by atoms with Crippen molar-refractivity contribution in [3.05, 3.63) is 32.8 Å². The zero-order valence-electron chi connectivity index (χ0n) is 10.6. The van der Waals surface area contributed by atoms with E-state index in [2.05, 4.69) is 15.9 Å². The molecule has 0 N–H and O–H groups in total. The molecular weight excluding hydrogens is 302 g/mol. The highest BCUT2D eigenvalue weighted by molar-refractivity contribution is 9.10. The number of non-ortho nitro benzene ring substituents is 1. The average Bonchev–Trinajstić information content (AvgIpc) is 2.31. The van der Waals surface area contributed by atoms with E-state index in [0.29, 0.717) is 23.2 Å². The van der Waals surface area contributed by atoms with Crippen molar-refractivity contribution in [2.75, 3.05) is 13.7 Å². The molecule has 6 heteroatoms. The van der Waals surface area contributed by atoms with Crippen LogP contribution in [0.15, 0.2) is 22.7 Å². The van der Waals surface area contributed by atoms with Crippen LogP contribution in [0, 0.1) is 10.1 Å². The standard InChI is InChI=1S/C12H16BrNO4/c1-12(2,17-3)6-7-18-11-8-9(14(15)16)4-5-10(11)13/h4-5,8H,6-7H2,1-3H3. The van der Waals surface area contributed by atoms with Gasteiger partial charge in [0.2, 0.25) is 0 Å². The first-order valence-corrected chi connectivity index (χ1v) is 6.27. The van der Waals surface area contributed by atoms with E-state index in [1.807, 2.05) is 13.8 Å². The molecular formula is C12H16BrNO4. The summed E-state index contributed by atoms with van der Waals surface area (Å²) in [4.78, 5) is 10.2. The van der Waals surface area contributed by atoms with Crippen LogP contribution in [0.3, 0.4) is 0 Å². The number of halogens is 1. The van der Waals surface area contributed by atoms with Gasteiger partial charge in [0.1, 0.15) is 5.75 Å². The Morgan fingerprint density at radius 3 is 2.67 bits per heavy atom. The van der Waals surface area contributed by atoms with Crippen LogP contribution in [0.1, 0.15) is 20.3 Å². The minimum atomic E-state index is -0.446. The fourth-order valence-corrected chi connectivity index (χ4v) is 1.59. The van der Waals surface area contributed by atoms with Crippen LogP contribution < -0.4 is 4.74 Å². The predicted molar refractivity (Wildman–Crippen MR) is 72.0 cm³/mol. The zero-order chi connectivity index (χ0) is 13.8. The van der Waals surface area contributed by atoms with E-state index in [1.165, 1.54) is 12.1 Å². The van der Waals surface area contributed by atoms with E-state index in [4.69, 9.17) is 9.47 Å². The summed E-state index contributed by atoms with van der Waals surface area (Å²) < 4.78 is 11.5. The molecule has 18 heavy (non-hydrogen) atoms. The molecule has 0 amide bonds. The van der Waals surface area contributed by atoms with Gasteiger partial charge < -0.3 is 9.47 Å². The van der Waals surface area contributed by atoms with Gasteiger partial charge in [-0.3, -0.25) is 10.1 Å². The highest BCUT2D eigenvalue weighted by atomic mass is 79.9. The lowest BCUT2D eigenvalue weighted by molar-refractivity contribution is -0.385. The number of rotatable bonds is 6. The Bertz CT molecular complexity index is 434. The Hall–Kier alpha value is -1.14. The molecule has 100 valence electrons. The van der Waals surface area contributed by atoms with Gasteiger partial charge in [-0.15, -0.1) is 0 Å². The maximum Gasteiger partial charge on any atom is 0.273 e. The molecule has 0 fully saturated rings. The van der Waals surface area contributed by atoms with Crippen LogP contribution in [0.5, 0.6) is 5.75 Å². The molecule has 0 aromatic heterocycles. The highest BCUT2D eigenvalue weighted by Crippen LogP contribution is 2.29. The third-order valence-electron chi connectivity index (χ3n) is 2.64. The Kier molecular flexibility index (Phi) is 5.10. The average molecular weight is 318 g/mol. The molecule has 0 spiro atoms. The molecule has 0 heterocycles. The lowest BCUT2D eigenvalue weighted by Crippen LogP contribution is -2.25. The third kappa shape index (κ3) is 4.27. The summed E-state index contributed by atoms with van der Waals surface area (Å²) in [5.74, 6) is 0.469. The fraction of sp³-hybridized carbons (Fsp3) is 0.500. The molecule has 0 atom stereocenters. The maximum absolute atomic E-state index is 10.7. The first-order chi connectivity index (χ1) is 8.35. The molecule has 0 aliphatic carbocycles. The molecule has 0 saturated heterocycles. The quantitative estimate of drug-likeness (QED) is 0.594. The Labute approximate surface area is 114 Å². The largest absolute Gasteiger partial charge is 0.492 e. The van der Waals surface area contributed by atoms with Crippen molar-refractivity contribution in [2.24, 2.45) is 0 Å². The van der Waals surface area contributed by atoms with Crippen molar-refractivity contribution >= 4 is 21.6 Å². The first-order valence-electron chi connectivity index (χ1n) is 5.47. The molecule has 1 aromatic rings. The van der Waals surface area contributed by atoms with Gasteiger partial charge in [0.15, 0.2) is 0 Å². The monoisotopic (exact) mass is 317 g/mol. The molecule has 0 aliphatic rings. The minimum absolute atomic E-state index is 0.0131. The van der Waals surface area contributed by atoms with Gasteiger partial charge in [-0.25, -0.2) is 0 Å². The molecule has 0 bridgehead atoms. The van der Waals surface area contributed by atoms with E-state index in [0.717, 1.165) is 0 Å². The zero-order valence-corrected chi connectivity index (χ0v) is 12.2. The topological polar surface area (TPSA) is 61.6 Å². The van der Waals surface area contributed by atoms with Crippen molar-refractivity contribution < 1.29 is 14.4 Å². The third-order valence-corrected chi connectivity index (χ3v) is 3.30. The van der Waals surface area contributed by atoms with Crippen LogP contribution in [0.2, 0.25) is 0 Å². The second kappa shape index (κ2) is 6.15. The Balaban J connectivity index is 2.67. The van der Waals surface area contributed by atoms with Crippen LogP contribution in [-0.2, 0) is 4.74 Å². The smallest absolute Gasteiger partial charge is 0.273 e. The highest BCUT2D eigenvalue weighted by Gasteiger charge is 2.17. The summed E-state index contributed by atoms with van der Waals surface area (Å²) in [5.41, 5.74) is -0.257. The Morgan fingerprint density at radius 1 is 1.44 bits per heavy atom. The molecule has 1 aromatic carbocycles. The predicted octanol–water partition coefficient (Wildman–Crippen LogP) is 3.55. The summed E-state index contributed by atoms with van der Waals surface area (Å²) in [5, 5.41) is 10.7. The van der Waals surface area contributed by atoms with Gasteiger partial charge in [0.25, 0.3) is 5.69 Å². The van der Waals surface area contributed by atoms with E-state index in [1.54, 1.807) is 13.2 Å². The minimum Gasteiger partial charge on any atom is -0.492 e. The van der Waals surface area contributed by atoms with Crippen LogP contribution in [-0.4, -0.2) is 24.2 Å². The van der Waals surface area contributed by atoms with Crippen molar-refractivity contribution in [2.45, 2.75) is 25.9 Å². The van der Waals surface area contributed by atoms with Crippen molar-refractivity contribution in [3.63, 3.8) is 0 Å². The molecule has 1 rings (SSSR count). The van der Waals surface area contributed by atoms with Gasteiger partial charge in [0, 0.05) is 19.6 Å². The van der Waals surface area contributed by atoms with Crippen LogP contribution in [0.4, 0.5) is 5.69 Å². The number of nitro benzene ring substituents is 1. The van der Waals surface area contributed by atoms with Gasteiger partial charge >= 0.3 is 0 Å². The van der Waals surface area contributed by atoms with Gasteiger partial charge in [-0.1, -0.05) is 0 Å². The SMILES string of the molecule is COC(C)(C)CCOc1cc([N+](=O)[O-])ccc1Br. The molecule has 0 saturated carbocycles. The van der Waals surface area contributed by atoms with E-state index < -0.39 is 4.92 Å². The summed E-state index contributed by atoms with van der Waals surface area (Å²) >= 11 is 3.30. The van der Waals surface area contributed by atoms with Gasteiger partial charge in [-0.05, 0) is 35.8 Å². The maximum atomic E-state index is 10.7. The van der Waals surface area contributed by atoms with Crippen molar-refractivity contribution in [1.82, 2.24) is 0 Å². The Morgan fingerprint density at radius 2 is 2.11 bits per heavy atom. The van der Waals surface area contributed by atoms with E-state index >= 15 is 0 Å². The second-order valence-corrected chi connectivity index (χ2v) is 5.29. The summed E-state index contributed by atoms with van der Waals surface area (Å²) in [6.07, 6.45) is 0.693. The molecule has 5 nitrogen and oxygen atoms in total. The molecule has 0 unspecified atom stereocenters. The number of nitrogens with zero attached hydrogens (tertiary/aromatic N) is 1. The van der Waals surface area contributed by atoms with Gasteiger partial charge in [-0.2, -0.15) is 0 Å². The van der Waals surface area contributed by atoms with E-state index in [9.17, 15) is 10.1 Å². The number of benzene rings is 1. The number of hydrogen-bond donors (Lipinski definition) is 0.